The number of alkyl halides is 3. The number of halogens is 3. The molecular weight excluding hydrogens is 311 g/mol. The standard InChI is InChI=1S/C16H12F3NO3/c17-16(18,19)14(21)12-7-4-8-13(9-12)20-15(22)23-10-11-5-2-1-3-6-11/h1-9H,10H2,(H,20,22). The first-order valence-corrected chi connectivity index (χ1v) is 6.55. The number of rotatable bonds is 4. The van der Waals surface area contributed by atoms with E-state index < -0.39 is 23.6 Å². The summed E-state index contributed by atoms with van der Waals surface area (Å²) in [6.45, 7) is 0.0217. The van der Waals surface area contributed by atoms with Gasteiger partial charge in [-0.2, -0.15) is 13.2 Å². The summed E-state index contributed by atoms with van der Waals surface area (Å²) in [5, 5.41) is 2.28. The van der Waals surface area contributed by atoms with Crippen LogP contribution in [0.5, 0.6) is 0 Å². The van der Waals surface area contributed by atoms with Gasteiger partial charge in [-0.05, 0) is 17.7 Å². The van der Waals surface area contributed by atoms with Crippen molar-refractivity contribution >= 4 is 17.6 Å². The Morgan fingerprint density at radius 2 is 1.70 bits per heavy atom. The lowest BCUT2D eigenvalue weighted by atomic mass is 10.1. The van der Waals surface area contributed by atoms with Gasteiger partial charge in [0, 0.05) is 11.3 Å². The quantitative estimate of drug-likeness (QED) is 0.859. The molecule has 0 aromatic heterocycles. The molecule has 0 fully saturated rings. The van der Waals surface area contributed by atoms with Crippen molar-refractivity contribution in [3.63, 3.8) is 0 Å². The summed E-state index contributed by atoms with van der Waals surface area (Å²) >= 11 is 0. The molecule has 0 aliphatic heterocycles. The molecule has 0 spiro atoms. The van der Waals surface area contributed by atoms with Crippen molar-refractivity contribution in [2.45, 2.75) is 12.8 Å². The lowest BCUT2D eigenvalue weighted by Crippen LogP contribution is -2.23. The van der Waals surface area contributed by atoms with Gasteiger partial charge in [0.1, 0.15) is 6.61 Å². The van der Waals surface area contributed by atoms with Gasteiger partial charge in [0.2, 0.25) is 0 Å². The molecule has 0 aliphatic carbocycles. The molecule has 0 heterocycles. The van der Waals surface area contributed by atoms with E-state index in [2.05, 4.69) is 5.32 Å². The maximum Gasteiger partial charge on any atom is 0.454 e. The number of carbonyl (C=O) groups is 2. The van der Waals surface area contributed by atoms with Crippen molar-refractivity contribution in [1.82, 2.24) is 0 Å². The molecule has 0 radical (unpaired) electrons. The fraction of sp³-hybridized carbons (Fsp3) is 0.125. The number of nitrogens with one attached hydrogen (secondary N) is 1. The number of carbonyl (C=O) groups excluding carboxylic acids is 2. The predicted octanol–water partition coefficient (Wildman–Crippen LogP) is 4.18. The Morgan fingerprint density at radius 3 is 2.35 bits per heavy atom. The summed E-state index contributed by atoms with van der Waals surface area (Å²) in [5.41, 5.74) is 0.250. The van der Waals surface area contributed by atoms with Crippen LogP contribution in [0.3, 0.4) is 0 Å². The average Bonchev–Trinajstić information content (AvgIpc) is 2.52. The fourth-order valence-corrected chi connectivity index (χ4v) is 1.78. The van der Waals surface area contributed by atoms with Crippen molar-refractivity contribution in [3.8, 4) is 0 Å². The number of anilines is 1. The predicted molar refractivity (Wildman–Crippen MR) is 77.1 cm³/mol. The van der Waals surface area contributed by atoms with Gasteiger partial charge in [-0.1, -0.05) is 42.5 Å². The molecule has 1 N–H and O–H groups in total. The van der Waals surface area contributed by atoms with Crippen LogP contribution < -0.4 is 5.32 Å². The van der Waals surface area contributed by atoms with Crippen LogP contribution in [0, 0.1) is 0 Å². The summed E-state index contributed by atoms with van der Waals surface area (Å²) < 4.78 is 42.1. The van der Waals surface area contributed by atoms with Crippen LogP contribution in [0.4, 0.5) is 23.7 Å². The third kappa shape index (κ3) is 4.84. The maximum absolute atomic E-state index is 12.4. The first-order chi connectivity index (χ1) is 10.9. The Labute approximate surface area is 129 Å². The summed E-state index contributed by atoms with van der Waals surface area (Å²) in [5.74, 6) is -1.97. The van der Waals surface area contributed by atoms with Gasteiger partial charge in [-0.25, -0.2) is 4.79 Å². The Balaban J connectivity index is 1.97. The number of benzene rings is 2. The van der Waals surface area contributed by atoms with Gasteiger partial charge >= 0.3 is 12.3 Å². The van der Waals surface area contributed by atoms with Gasteiger partial charge < -0.3 is 4.74 Å². The van der Waals surface area contributed by atoms with E-state index in [-0.39, 0.29) is 12.3 Å². The zero-order valence-corrected chi connectivity index (χ0v) is 11.8. The summed E-state index contributed by atoms with van der Waals surface area (Å²) in [4.78, 5) is 22.8. The molecule has 0 saturated carbocycles. The van der Waals surface area contributed by atoms with Crippen molar-refractivity contribution in [1.29, 1.82) is 0 Å². The molecule has 2 aromatic carbocycles. The Bertz CT molecular complexity index is 699. The molecule has 4 nitrogen and oxygen atoms in total. The van der Waals surface area contributed by atoms with E-state index in [1.807, 2.05) is 6.07 Å². The zero-order valence-electron chi connectivity index (χ0n) is 11.8. The van der Waals surface area contributed by atoms with Crippen molar-refractivity contribution < 1.29 is 27.5 Å². The minimum atomic E-state index is -4.97. The number of hydrogen-bond donors (Lipinski definition) is 1. The van der Waals surface area contributed by atoms with Crippen molar-refractivity contribution in [3.05, 3.63) is 65.7 Å². The minimum Gasteiger partial charge on any atom is -0.444 e. The molecule has 2 aromatic rings. The smallest absolute Gasteiger partial charge is 0.444 e. The van der Waals surface area contributed by atoms with Gasteiger partial charge in [-0.3, -0.25) is 10.1 Å². The molecule has 0 atom stereocenters. The highest BCUT2D eigenvalue weighted by atomic mass is 19.4. The molecule has 2 rings (SSSR count). The molecule has 23 heavy (non-hydrogen) atoms. The van der Waals surface area contributed by atoms with Crippen LogP contribution in [0.2, 0.25) is 0 Å². The van der Waals surface area contributed by atoms with Crippen molar-refractivity contribution in [2.24, 2.45) is 0 Å². The highest BCUT2D eigenvalue weighted by Crippen LogP contribution is 2.23. The number of hydrogen-bond acceptors (Lipinski definition) is 3. The van der Waals surface area contributed by atoms with Gasteiger partial charge in [-0.15, -0.1) is 0 Å². The Morgan fingerprint density at radius 1 is 1.00 bits per heavy atom. The second-order valence-electron chi connectivity index (χ2n) is 4.59. The third-order valence-electron chi connectivity index (χ3n) is 2.84. The zero-order chi connectivity index (χ0) is 16.9. The minimum absolute atomic E-state index is 0.0217. The number of amides is 1. The number of Topliss-reactive ketones (excluding diaryl/α,β-unsaturated/α-hetero) is 1. The second-order valence-corrected chi connectivity index (χ2v) is 4.59. The van der Waals surface area contributed by atoms with Crippen molar-refractivity contribution in [2.75, 3.05) is 5.32 Å². The average molecular weight is 323 g/mol. The highest BCUT2D eigenvalue weighted by molar-refractivity contribution is 6.01. The third-order valence-corrected chi connectivity index (χ3v) is 2.84. The van der Waals surface area contributed by atoms with E-state index >= 15 is 0 Å². The normalized spacial score (nSPS) is 10.9. The molecule has 0 bridgehead atoms. The largest absolute Gasteiger partial charge is 0.454 e. The van der Waals surface area contributed by atoms with Crippen LogP contribution in [0.15, 0.2) is 54.6 Å². The van der Waals surface area contributed by atoms with Crippen LogP contribution >= 0.6 is 0 Å². The van der Waals surface area contributed by atoms with E-state index in [0.29, 0.717) is 0 Å². The molecule has 7 heteroatoms. The SMILES string of the molecule is O=C(Nc1cccc(C(=O)C(F)(F)F)c1)OCc1ccccc1. The molecular formula is C16H12F3NO3. The van der Waals surface area contributed by atoms with E-state index in [4.69, 9.17) is 4.74 Å². The van der Waals surface area contributed by atoms with E-state index in [9.17, 15) is 22.8 Å². The fourth-order valence-electron chi connectivity index (χ4n) is 1.78. The summed E-state index contributed by atoms with van der Waals surface area (Å²) in [6, 6.07) is 13.5. The monoisotopic (exact) mass is 323 g/mol. The van der Waals surface area contributed by atoms with Crippen LogP contribution in [-0.2, 0) is 11.3 Å². The van der Waals surface area contributed by atoms with E-state index in [1.165, 1.54) is 12.1 Å². The molecule has 0 unspecified atom stereocenters. The molecule has 0 saturated heterocycles. The van der Waals surface area contributed by atoms with E-state index in [1.54, 1.807) is 24.3 Å². The van der Waals surface area contributed by atoms with Crippen LogP contribution in [-0.4, -0.2) is 18.1 Å². The first-order valence-electron chi connectivity index (χ1n) is 6.55. The topological polar surface area (TPSA) is 55.4 Å². The lowest BCUT2D eigenvalue weighted by molar-refractivity contribution is -0.0885. The van der Waals surface area contributed by atoms with Gasteiger partial charge in [0.05, 0.1) is 0 Å². The lowest BCUT2D eigenvalue weighted by Gasteiger charge is -2.09. The Hall–Kier alpha value is -2.83. The highest BCUT2D eigenvalue weighted by Gasteiger charge is 2.39. The molecule has 1 amide bonds. The van der Waals surface area contributed by atoms with Crippen LogP contribution in [0.1, 0.15) is 15.9 Å². The summed E-state index contributed by atoms with van der Waals surface area (Å²) in [7, 11) is 0. The summed E-state index contributed by atoms with van der Waals surface area (Å²) in [6.07, 6.45) is -5.79. The van der Waals surface area contributed by atoms with Gasteiger partial charge in [0.15, 0.2) is 0 Å². The first kappa shape index (κ1) is 16.5. The van der Waals surface area contributed by atoms with E-state index in [0.717, 1.165) is 17.7 Å². The van der Waals surface area contributed by atoms with Gasteiger partial charge in [0.25, 0.3) is 5.78 Å². The molecule has 120 valence electrons. The number of ketones is 1. The molecule has 0 aliphatic rings. The second kappa shape index (κ2) is 6.95. The number of ether oxygens (including phenoxy) is 1. The maximum atomic E-state index is 12.4. The van der Waals surface area contributed by atoms with Crippen LogP contribution in [0.25, 0.3) is 0 Å². The Kier molecular flexibility index (Phi) is 5.00.